The highest BCUT2D eigenvalue weighted by Gasteiger charge is 2.14. The van der Waals surface area contributed by atoms with Crippen LogP contribution in [0.3, 0.4) is 0 Å². The molecule has 5 nitrogen and oxygen atoms in total. The Bertz CT molecular complexity index is 589. The predicted octanol–water partition coefficient (Wildman–Crippen LogP) is 1.52. The molecule has 86 valence electrons. The molecule has 0 aliphatic heterocycles. The van der Waals surface area contributed by atoms with E-state index in [2.05, 4.69) is 9.71 Å². The third-order valence-electron chi connectivity index (χ3n) is 2.16. The number of fused-ring (bicyclic) bond motifs is 1. The molecule has 0 spiro atoms. The molecule has 0 saturated heterocycles. The molecule has 1 aromatic carbocycles. The molecule has 1 N–H and O–H groups in total. The van der Waals surface area contributed by atoms with Crippen LogP contribution in [0.15, 0.2) is 33.9 Å². The Labute approximate surface area is 93.5 Å². The molecule has 2 rings (SSSR count). The first-order valence-electron chi connectivity index (χ1n) is 4.96. The van der Waals surface area contributed by atoms with Gasteiger partial charge < -0.3 is 4.42 Å². The molecule has 0 aliphatic carbocycles. The van der Waals surface area contributed by atoms with E-state index < -0.39 is 10.0 Å². The van der Waals surface area contributed by atoms with E-state index in [-0.39, 0.29) is 4.90 Å². The van der Waals surface area contributed by atoms with Gasteiger partial charge in [0.2, 0.25) is 10.0 Å². The highest BCUT2D eigenvalue weighted by molar-refractivity contribution is 7.89. The first kappa shape index (κ1) is 11.1. The Morgan fingerprint density at radius 1 is 1.44 bits per heavy atom. The van der Waals surface area contributed by atoms with E-state index in [9.17, 15) is 8.42 Å². The minimum absolute atomic E-state index is 0.199. The molecule has 0 bridgehead atoms. The zero-order valence-electron chi connectivity index (χ0n) is 8.80. The molecule has 0 aliphatic rings. The largest absolute Gasteiger partial charge is 0.443 e. The summed E-state index contributed by atoms with van der Waals surface area (Å²) in [5.41, 5.74) is 1.12. The summed E-state index contributed by atoms with van der Waals surface area (Å²) in [5.74, 6) is 0. The Hall–Kier alpha value is -1.40. The molecule has 2 aromatic rings. The Kier molecular flexibility index (Phi) is 2.93. The number of hydrogen-bond donors (Lipinski definition) is 1. The van der Waals surface area contributed by atoms with Crippen LogP contribution < -0.4 is 4.72 Å². The van der Waals surface area contributed by atoms with Gasteiger partial charge in [-0.1, -0.05) is 6.92 Å². The monoisotopic (exact) mass is 240 g/mol. The van der Waals surface area contributed by atoms with Crippen molar-refractivity contribution in [1.29, 1.82) is 0 Å². The van der Waals surface area contributed by atoms with Crippen molar-refractivity contribution < 1.29 is 12.8 Å². The summed E-state index contributed by atoms with van der Waals surface area (Å²) in [4.78, 5) is 4.12. The molecule has 0 unspecified atom stereocenters. The van der Waals surface area contributed by atoms with Gasteiger partial charge in [-0.3, -0.25) is 0 Å². The van der Waals surface area contributed by atoms with Gasteiger partial charge in [0.25, 0.3) is 0 Å². The number of nitrogens with zero attached hydrogens (tertiary/aromatic N) is 1. The van der Waals surface area contributed by atoms with Crippen LogP contribution in [0.1, 0.15) is 13.3 Å². The lowest BCUT2D eigenvalue weighted by molar-refractivity contribution is 0.579. The second kappa shape index (κ2) is 4.23. The molecule has 0 radical (unpaired) electrons. The van der Waals surface area contributed by atoms with E-state index in [0.717, 1.165) is 6.42 Å². The summed E-state index contributed by atoms with van der Waals surface area (Å²) in [5, 5.41) is 0. The average molecular weight is 240 g/mol. The maximum Gasteiger partial charge on any atom is 0.240 e. The summed E-state index contributed by atoms with van der Waals surface area (Å²) in [6.07, 6.45) is 2.05. The number of sulfonamides is 1. The van der Waals surface area contributed by atoms with Gasteiger partial charge in [-0.25, -0.2) is 18.1 Å². The Morgan fingerprint density at radius 3 is 3.00 bits per heavy atom. The summed E-state index contributed by atoms with van der Waals surface area (Å²) >= 11 is 0. The fraction of sp³-hybridized carbons (Fsp3) is 0.300. The van der Waals surface area contributed by atoms with Gasteiger partial charge in [0, 0.05) is 12.6 Å². The second-order valence-electron chi connectivity index (χ2n) is 3.38. The van der Waals surface area contributed by atoms with Gasteiger partial charge in [0.1, 0.15) is 5.52 Å². The zero-order valence-corrected chi connectivity index (χ0v) is 9.62. The third kappa shape index (κ3) is 2.07. The van der Waals surface area contributed by atoms with Crippen LogP contribution in [0, 0.1) is 0 Å². The second-order valence-corrected chi connectivity index (χ2v) is 5.15. The molecule has 16 heavy (non-hydrogen) atoms. The molecule has 1 aromatic heterocycles. The van der Waals surface area contributed by atoms with E-state index in [1.165, 1.54) is 18.5 Å². The van der Waals surface area contributed by atoms with Gasteiger partial charge in [0.15, 0.2) is 12.0 Å². The average Bonchev–Trinajstić information content (AvgIpc) is 2.73. The highest BCUT2D eigenvalue weighted by Crippen LogP contribution is 2.17. The standard InChI is InChI=1S/C10H12N2O3S/c1-2-5-12-16(13,14)8-3-4-9-10(6-8)15-7-11-9/h3-4,6-7,12H,2,5H2,1H3. The molecule has 0 saturated carbocycles. The Balaban J connectivity index is 2.39. The zero-order chi connectivity index (χ0) is 11.6. The van der Waals surface area contributed by atoms with E-state index in [4.69, 9.17) is 4.42 Å². The minimum atomic E-state index is -3.43. The molecule has 1 heterocycles. The maximum absolute atomic E-state index is 11.8. The number of benzene rings is 1. The lowest BCUT2D eigenvalue weighted by atomic mass is 10.3. The normalized spacial score (nSPS) is 12.1. The van der Waals surface area contributed by atoms with Gasteiger partial charge in [0.05, 0.1) is 4.90 Å². The van der Waals surface area contributed by atoms with Crippen molar-refractivity contribution in [3.05, 3.63) is 24.6 Å². The first-order valence-corrected chi connectivity index (χ1v) is 6.45. The number of aromatic nitrogens is 1. The van der Waals surface area contributed by atoms with E-state index in [1.807, 2.05) is 6.92 Å². The number of oxazole rings is 1. The predicted molar refractivity (Wildman–Crippen MR) is 59.5 cm³/mol. The van der Waals surface area contributed by atoms with Crippen molar-refractivity contribution >= 4 is 21.1 Å². The van der Waals surface area contributed by atoms with Gasteiger partial charge in [-0.15, -0.1) is 0 Å². The molecule has 0 atom stereocenters. The third-order valence-corrected chi connectivity index (χ3v) is 3.61. The maximum atomic E-state index is 11.8. The van der Waals surface area contributed by atoms with Crippen molar-refractivity contribution in [1.82, 2.24) is 9.71 Å². The summed E-state index contributed by atoms with van der Waals surface area (Å²) in [6.45, 7) is 2.33. The summed E-state index contributed by atoms with van der Waals surface area (Å²) < 4.78 is 31.1. The van der Waals surface area contributed by atoms with Crippen molar-refractivity contribution in [2.75, 3.05) is 6.54 Å². The molecular formula is C10H12N2O3S. The van der Waals surface area contributed by atoms with Gasteiger partial charge in [-0.05, 0) is 18.6 Å². The lowest BCUT2D eigenvalue weighted by Crippen LogP contribution is -2.24. The summed E-state index contributed by atoms with van der Waals surface area (Å²) in [7, 11) is -3.43. The topological polar surface area (TPSA) is 72.2 Å². The van der Waals surface area contributed by atoms with Crippen molar-refractivity contribution in [3.63, 3.8) is 0 Å². The molecule has 6 heteroatoms. The van der Waals surface area contributed by atoms with Crippen LogP contribution in [0.4, 0.5) is 0 Å². The summed E-state index contributed by atoms with van der Waals surface area (Å²) in [6, 6.07) is 4.61. The van der Waals surface area contributed by atoms with Crippen LogP contribution in [0.2, 0.25) is 0 Å². The Morgan fingerprint density at radius 2 is 2.25 bits per heavy atom. The van der Waals surface area contributed by atoms with Crippen LogP contribution in [0.5, 0.6) is 0 Å². The quantitative estimate of drug-likeness (QED) is 0.879. The molecular weight excluding hydrogens is 228 g/mol. The number of hydrogen-bond acceptors (Lipinski definition) is 4. The number of nitrogens with one attached hydrogen (secondary N) is 1. The van der Waals surface area contributed by atoms with E-state index in [1.54, 1.807) is 6.07 Å². The van der Waals surface area contributed by atoms with Crippen LogP contribution >= 0.6 is 0 Å². The smallest absolute Gasteiger partial charge is 0.240 e. The highest BCUT2D eigenvalue weighted by atomic mass is 32.2. The van der Waals surface area contributed by atoms with Crippen molar-refractivity contribution in [2.45, 2.75) is 18.2 Å². The number of rotatable bonds is 4. The molecule has 0 amide bonds. The van der Waals surface area contributed by atoms with E-state index >= 15 is 0 Å². The lowest BCUT2D eigenvalue weighted by Gasteiger charge is -2.04. The minimum Gasteiger partial charge on any atom is -0.443 e. The molecule has 0 fully saturated rings. The van der Waals surface area contributed by atoms with Crippen LogP contribution in [-0.4, -0.2) is 19.9 Å². The van der Waals surface area contributed by atoms with Gasteiger partial charge in [-0.2, -0.15) is 0 Å². The SMILES string of the molecule is CCCNS(=O)(=O)c1ccc2ncoc2c1. The fourth-order valence-corrected chi connectivity index (χ4v) is 2.47. The van der Waals surface area contributed by atoms with Crippen molar-refractivity contribution in [3.8, 4) is 0 Å². The van der Waals surface area contributed by atoms with E-state index in [0.29, 0.717) is 17.6 Å². The fourth-order valence-electron chi connectivity index (χ4n) is 1.32. The van der Waals surface area contributed by atoms with Gasteiger partial charge >= 0.3 is 0 Å². The van der Waals surface area contributed by atoms with Crippen LogP contribution in [-0.2, 0) is 10.0 Å². The van der Waals surface area contributed by atoms with Crippen LogP contribution in [0.25, 0.3) is 11.1 Å². The van der Waals surface area contributed by atoms with Crippen molar-refractivity contribution in [2.24, 2.45) is 0 Å². The first-order chi connectivity index (χ1) is 7.63.